The van der Waals surface area contributed by atoms with Crippen LogP contribution in [-0.2, 0) is 14.8 Å². The summed E-state index contributed by atoms with van der Waals surface area (Å²) >= 11 is 0. The molecular formula is C17H28N3O3S+. The van der Waals surface area contributed by atoms with E-state index in [-0.39, 0.29) is 10.8 Å². The number of nitrogens with one attached hydrogen (secondary N) is 2. The van der Waals surface area contributed by atoms with Crippen LogP contribution in [0.3, 0.4) is 0 Å². The molecule has 1 heterocycles. The fourth-order valence-corrected chi connectivity index (χ4v) is 4.79. The number of nitrogens with zero attached hydrogens (tertiary/aromatic N) is 1. The molecule has 1 saturated heterocycles. The highest BCUT2D eigenvalue weighted by atomic mass is 32.2. The summed E-state index contributed by atoms with van der Waals surface area (Å²) in [7, 11) is -3.46. The third-order valence-electron chi connectivity index (χ3n) is 4.74. The smallest absolute Gasteiger partial charge is 0.243 e. The molecule has 1 fully saturated rings. The van der Waals surface area contributed by atoms with Gasteiger partial charge in [0, 0.05) is 12.6 Å². The Bertz CT molecular complexity index is 646. The quantitative estimate of drug-likeness (QED) is 0.791. The number of rotatable bonds is 6. The second-order valence-electron chi connectivity index (χ2n) is 6.28. The zero-order chi connectivity index (χ0) is 17.7. The van der Waals surface area contributed by atoms with Crippen molar-refractivity contribution in [2.24, 2.45) is 0 Å². The SMILES string of the molecule is CCC(CC)[NH+]1CCN(S(=O)(=O)c2ccc(NC(C)=O)cc2)CC1. The van der Waals surface area contributed by atoms with Gasteiger partial charge in [-0.25, -0.2) is 8.42 Å². The number of hydrogen-bond acceptors (Lipinski definition) is 3. The normalized spacial score (nSPS) is 17.2. The molecule has 0 radical (unpaired) electrons. The molecule has 2 rings (SSSR count). The summed E-state index contributed by atoms with van der Waals surface area (Å²) in [4.78, 5) is 12.8. The van der Waals surface area contributed by atoms with Crippen molar-refractivity contribution in [1.29, 1.82) is 0 Å². The molecule has 0 unspecified atom stereocenters. The Morgan fingerprint density at radius 3 is 2.17 bits per heavy atom. The van der Waals surface area contributed by atoms with E-state index < -0.39 is 10.0 Å². The lowest BCUT2D eigenvalue weighted by Crippen LogP contribution is -3.18. The van der Waals surface area contributed by atoms with Crippen LogP contribution < -0.4 is 10.2 Å². The number of piperazine rings is 1. The van der Waals surface area contributed by atoms with Gasteiger partial charge in [-0.05, 0) is 37.1 Å². The van der Waals surface area contributed by atoms with Gasteiger partial charge in [-0.2, -0.15) is 4.31 Å². The maximum atomic E-state index is 12.8. The van der Waals surface area contributed by atoms with Crippen LogP contribution in [0.15, 0.2) is 29.2 Å². The first-order valence-electron chi connectivity index (χ1n) is 8.60. The van der Waals surface area contributed by atoms with E-state index in [1.54, 1.807) is 28.6 Å². The molecule has 1 aromatic carbocycles. The van der Waals surface area contributed by atoms with Gasteiger partial charge in [-0.1, -0.05) is 13.8 Å². The van der Waals surface area contributed by atoms with Crippen LogP contribution in [0.25, 0.3) is 0 Å². The van der Waals surface area contributed by atoms with E-state index >= 15 is 0 Å². The second kappa shape index (κ2) is 8.09. The summed E-state index contributed by atoms with van der Waals surface area (Å²) in [5, 5.41) is 2.64. The first-order valence-corrected chi connectivity index (χ1v) is 10.0. The number of amides is 1. The Labute approximate surface area is 144 Å². The van der Waals surface area contributed by atoms with Gasteiger partial charge in [0.05, 0.1) is 37.1 Å². The third kappa shape index (κ3) is 4.34. The van der Waals surface area contributed by atoms with Crippen molar-refractivity contribution in [2.75, 3.05) is 31.5 Å². The van der Waals surface area contributed by atoms with Crippen LogP contribution in [0.4, 0.5) is 5.69 Å². The standard InChI is InChI=1S/C17H27N3O3S/c1-4-16(5-2)19-10-12-20(13-11-19)24(22,23)17-8-6-15(7-9-17)18-14(3)21/h6-9,16H,4-5,10-13H2,1-3H3,(H,18,21)/p+1. The number of carbonyl (C=O) groups is 1. The first kappa shape index (κ1) is 18.9. The Hall–Kier alpha value is -1.44. The molecule has 0 aromatic heterocycles. The van der Waals surface area contributed by atoms with Gasteiger partial charge < -0.3 is 10.2 Å². The van der Waals surface area contributed by atoms with Crippen LogP contribution in [0.1, 0.15) is 33.6 Å². The summed E-state index contributed by atoms with van der Waals surface area (Å²) in [5.74, 6) is -0.175. The van der Waals surface area contributed by atoms with E-state index in [9.17, 15) is 13.2 Å². The molecule has 1 amide bonds. The van der Waals surface area contributed by atoms with Crippen molar-refractivity contribution in [2.45, 2.75) is 44.6 Å². The van der Waals surface area contributed by atoms with E-state index in [1.807, 2.05) is 0 Å². The molecule has 0 bridgehead atoms. The third-order valence-corrected chi connectivity index (χ3v) is 6.65. The minimum atomic E-state index is -3.46. The maximum absolute atomic E-state index is 12.8. The van der Waals surface area contributed by atoms with Crippen molar-refractivity contribution in [3.05, 3.63) is 24.3 Å². The lowest BCUT2D eigenvalue weighted by Gasteiger charge is -2.35. The van der Waals surface area contributed by atoms with Crippen LogP contribution in [0.2, 0.25) is 0 Å². The van der Waals surface area contributed by atoms with Crippen LogP contribution >= 0.6 is 0 Å². The van der Waals surface area contributed by atoms with Gasteiger partial charge in [0.25, 0.3) is 0 Å². The predicted molar refractivity (Wildman–Crippen MR) is 94.6 cm³/mol. The summed E-state index contributed by atoms with van der Waals surface area (Å²) in [6.45, 7) is 8.64. The average Bonchev–Trinajstić information content (AvgIpc) is 2.56. The van der Waals surface area contributed by atoms with Crippen LogP contribution in [0.5, 0.6) is 0 Å². The zero-order valence-electron chi connectivity index (χ0n) is 14.7. The lowest BCUT2D eigenvalue weighted by molar-refractivity contribution is -0.929. The summed E-state index contributed by atoms with van der Waals surface area (Å²) in [5.41, 5.74) is 0.601. The molecule has 0 atom stereocenters. The molecule has 1 aromatic rings. The molecule has 1 aliphatic heterocycles. The number of anilines is 1. The number of carbonyl (C=O) groups excluding carboxylic acids is 1. The van der Waals surface area contributed by atoms with E-state index in [0.29, 0.717) is 24.8 Å². The molecule has 7 heteroatoms. The summed E-state index contributed by atoms with van der Waals surface area (Å²) in [6.07, 6.45) is 2.26. The van der Waals surface area contributed by atoms with Crippen LogP contribution in [0, 0.1) is 0 Å². The fraction of sp³-hybridized carbons (Fsp3) is 0.588. The Kier molecular flexibility index (Phi) is 6.37. The molecule has 0 aliphatic carbocycles. The van der Waals surface area contributed by atoms with Crippen molar-refractivity contribution in [3.8, 4) is 0 Å². The number of sulfonamides is 1. The van der Waals surface area contributed by atoms with Gasteiger partial charge in [0.15, 0.2) is 0 Å². The van der Waals surface area contributed by atoms with Crippen molar-refractivity contribution < 1.29 is 18.1 Å². The monoisotopic (exact) mass is 354 g/mol. The van der Waals surface area contributed by atoms with Gasteiger partial charge in [0.2, 0.25) is 15.9 Å². The second-order valence-corrected chi connectivity index (χ2v) is 8.22. The molecular weight excluding hydrogens is 326 g/mol. The minimum absolute atomic E-state index is 0.175. The van der Waals surface area contributed by atoms with Gasteiger partial charge in [-0.15, -0.1) is 0 Å². The zero-order valence-corrected chi connectivity index (χ0v) is 15.5. The van der Waals surface area contributed by atoms with Crippen molar-refractivity contribution in [3.63, 3.8) is 0 Å². The maximum Gasteiger partial charge on any atom is 0.243 e. The van der Waals surface area contributed by atoms with Crippen molar-refractivity contribution >= 4 is 21.6 Å². The largest absolute Gasteiger partial charge is 0.330 e. The average molecular weight is 354 g/mol. The highest BCUT2D eigenvalue weighted by Crippen LogP contribution is 2.18. The van der Waals surface area contributed by atoms with E-state index in [2.05, 4.69) is 19.2 Å². The predicted octanol–water partition coefficient (Wildman–Crippen LogP) is 0.723. The molecule has 134 valence electrons. The number of hydrogen-bond donors (Lipinski definition) is 2. The minimum Gasteiger partial charge on any atom is -0.330 e. The van der Waals surface area contributed by atoms with Gasteiger partial charge in [-0.3, -0.25) is 4.79 Å². The van der Waals surface area contributed by atoms with E-state index in [1.165, 1.54) is 11.8 Å². The summed E-state index contributed by atoms with van der Waals surface area (Å²) < 4.78 is 27.1. The van der Waals surface area contributed by atoms with E-state index in [4.69, 9.17) is 0 Å². The molecule has 1 aliphatic rings. The molecule has 0 saturated carbocycles. The highest BCUT2D eigenvalue weighted by Gasteiger charge is 2.32. The van der Waals surface area contributed by atoms with Gasteiger partial charge in [0.1, 0.15) is 0 Å². The Morgan fingerprint density at radius 2 is 1.71 bits per heavy atom. The molecule has 6 nitrogen and oxygen atoms in total. The topological polar surface area (TPSA) is 70.9 Å². The van der Waals surface area contributed by atoms with Crippen molar-refractivity contribution in [1.82, 2.24) is 4.31 Å². The number of benzene rings is 1. The molecule has 2 N–H and O–H groups in total. The first-order chi connectivity index (χ1) is 11.4. The Morgan fingerprint density at radius 1 is 1.17 bits per heavy atom. The number of quaternary nitrogens is 1. The molecule has 0 spiro atoms. The lowest BCUT2D eigenvalue weighted by atomic mass is 10.1. The summed E-state index contributed by atoms with van der Waals surface area (Å²) in [6, 6.07) is 6.98. The van der Waals surface area contributed by atoms with E-state index in [0.717, 1.165) is 25.9 Å². The molecule has 24 heavy (non-hydrogen) atoms. The Balaban J connectivity index is 2.05. The fourth-order valence-electron chi connectivity index (χ4n) is 3.35. The highest BCUT2D eigenvalue weighted by molar-refractivity contribution is 7.89. The van der Waals surface area contributed by atoms with Crippen LogP contribution in [-0.4, -0.2) is 50.9 Å². The van der Waals surface area contributed by atoms with Gasteiger partial charge >= 0.3 is 0 Å².